The van der Waals surface area contributed by atoms with E-state index in [4.69, 9.17) is 0 Å². The Bertz CT molecular complexity index is 520. The van der Waals surface area contributed by atoms with Crippen molar-refractivity contribution in [3.05, 3.63) is 48.3 Å². The predicted molar refractivity (Wildman–Crippen MR) is 83.6 cm³/mol. The molecule has 0 spiro atoms. The van der Waals surface area contributed by atoms with Crippen LogP contribution in [0.4, 0.5) is 0 Å². The number of nitrogens with one attached hydrogen (secondary N) is 1. The van der Waals surface area contributed by atoms with Crippen LogP contribution in [0.3, 0.4) is 0 Å². The van der Waals surface area contributed by atoms with Crippen molar-refractivity contribution in [3.63, 3.8) is 0 Å². The van der Waals surface area contributed by atoms with Gasteiger partial charge in [-0.1, -0.05) is 18.2 Å². The Morgan fingerprint density at radius 2 is 2.10 bits per heavy atom. The second kappa shape index (κ2) is 6.88. The Kier molecular flexibility index (Phi) is 5.17. The van der Waals surface area contributed by atoms with Gasteiger partial charge in [0.05, 0.1) is 11.4 Å². The highest BCUT2D eigenvalue weighted by Gasteiger charge is 2.19. The van der Waals surface area contributed by atoms with Gasteiger partial charge < -0.3 is 5.32 Å². The molecule has 1 aromatic heterocycles. The van der Waals surface area contributed by atoms with Crippen LogP contribution in [0.15, 0.2) is 42.6 Å². The Hall–Kier alpha value is -1.36. The van der Waals surface area contributed by atoms with Gasteiger partial charge in [0.25, 0.3) is 0 Å². The van der Waals surface area contributed by atoms with Crippen LogP contribution < -0.4 is 5.32 Å². The first kappa shape index (κ1) is 15.0. The zero-order chi connectivity index (χ0) is 13.1. The minimum Gasteiger partial charge on any atom is -0.315 e. The van der Waals surface area contributed by atoms with Crippen molar-refractivity contribution in [2.75, 3.05) is 20.1 Å². The summed E-state index contributed by atoms with van der Waals surface area (Å²) in [6.45, 7) is 3.13. The number of hydrogen-bond donors (Lipinski definition) is 1. The van der Waals surface area contributed by atoms with E-state index in [0.717, 1.165) is 31.0 Å². The van der Waals surface area contributed by atoms with Crippen LogP contribution in [0.2, 0.25) is 0 Å². The summed E-state index contributed by atoms with van der Waals surface area (Å²) in [5.41, 5.74) is 2.23. The van der Waals surface area contributed by atoms with Crippen LogP contribution >= 0.6 is 12.4 Å². The fourth-order valence-electron chi connectivity index (χ4n) is 2.57. The summed E-state index contributed by atoms with van der Waals surface area (Å²) < 4.78 is 1.94. The number of aromatic nitrogens is 2. The van der Waals surface area contributed by atoms with Gasteiger partial charge in [0.2, 0.25) is 0 Å². The maximum atomic E-state index is 4.65. The summed E-state index contributed by atoms with van der Waals surface area (Å²) in [5.74, 6) is 0. The Labute approximate surface area is 126 Å². The average molecular weight is 293 g/mol. The number of halogens is 1. The number of benzene rings is 1. The van der Waals surface area contributed by atoms with E-state index in [9.17, 15) is 0 Å². The van der Waals surface area contributed by atoms with Crippen molar-refractivity contribution in [2.45, 2.75) is 19.0 Å². The van der Waals surface area contributed by atoms with E-state index >= 15 is 0 Å². The first-order chi connectivity index (χ1) is 9.33. The molecule has 1 aliphatic rings. The number of rotatable bonds is 4. The molecule has 1 atom stereocenters. The van der Waals surface area contributed by atoms with E-state index in [2.05, 4.69) is 40.6 Å². The maximum absolute atomic E-state index is 4.65. The zero-order valence-electron chi connectivity index (χ0n) is 11.7. The fourth-order valence-corrected chi connectivity index (χ4v) is 2.57. The van der Waals surface area contributed by atoms with Crippen molar-refractivity contribution < 1.29 is 0 Å². The van der Waals surface area contributed by atoms with Gasteiger partial charge in [-0.25, -0.2) is 4.68 Å². The topological polar surface area (TPSA) is 33.1 Å². The predicted octanol–water partition coefficient (Wildman–Crippen LogP) is 2.09. The van der Waals surface area contributed by atoms with Gasteiger partial charge in [0.1, 0.15) is 0 Å². The van der Waals surface area contributed by atoms with Crippen LogP contribution in [0.25, 0.3) is 5.69 Å². The highest BCUT2D eigenvalue weighted by atomic mass is 35.5. The highest BCUT2D eigenvalue weighted by Crippen LogP contribution is 2.12. The molecule has 0 amide bonds. The monoisotopic (exact) mass is 292 g/mol. The standard InChI is InChI=1S/C15H20N4.ClH/c1-18(15-7-9-16-11-15)12-13-8-10-19(17-13)14-5-3-2-4-6-14;/h2-6,8,10,15-16H,7,9,11-12H2,1H3;1H. The Morgan fingerprint density at radius 3 is 2.80 bits per heavy atom. The van der Waals surface area contributed by atoms with E-state index in [1.165, 1.54) is 6.42 Å². The molecular weight excluding hydrogens is 272 g/mol. The number of nitrogens with zero attached hydrogens (tertiary/aromatic N) is 3. The molecule has 20 heavy (non-hydrogen) atoms. The summed E-state index contributed by atoms with van der Waals surface area (Å²) in [7, 11) is 2.18. The first-order valence-electron chi connectivity index (χ1n) is 6.84. The quantitative estimate of drug-likeness (QED) is 0.937. The summed E-state index contributed by atoms with van der Waals surface area (Å²) in [4.78, 5) is 2.39. The minimum atomic E-state index is 0. The first-order valence-corrected chi connectivity index (χ1v) is 6.84. The maximum Gasteiger partial charge on any atom is 0.0769 e. The van der Waals surface area contributed by atoms with Gasteiger partial charge in [-0.05, 0) is 38.2 Å². The summed E-state index contributed by atoms with van der Waals surface area (Å²) >= 11 is 0. The highest BCUT2D eigenvalue weighted by molar-refractivity contribution is 5.85. The lowest BCUT2D eigenvalue weighted by atomic mass is 10.2. The molecule has 5 heteroatoms. The second-order valence-electron chi connectivity index (χ2n) is 5.15. The van der Waals surface area contributed by atoms with Crippen molar-refractivity contribution in [2.24, 2.45) is 0 Å². The molecule has 0 radical (unpaired) electrons. The molecule has 4 nitrogen and oxygen atoms in total. The van der Waals surface area contributed by atoms with Gasteiger partial charge >= 0.3 is 0 Å². The van der Waals surface area contributed by atoms with E-state index in [-0.39, 0.29) is 12.4 Å². The van der Waals surface area contributed by atoms with Gasteiger partial charge in [0, 0.05) is 25.3 Å². The molecule has 3 rings (SSSR count). The molecule has 0 aliphatic carbocycles. The van der Waals surface area contributed by atoms with Crippen molar-refractivity contribution in [1.29, 1.82) is 0 Å². The normalized spacial score (nSPS) is 18.2. The van der Waals surface area contributed by atoms with E-state index in [1.807, 2.05) is 29.1 Å². The van der Waals surface area contributed by atoms with Crippen LogP contribution in [0.5, 0.6) is 0 Å². The smallest absolute Gasteiger partial charge is 0.0769 e. The average Bonchev–Trinajstić information content (AvgIpc) is 3.11. The zero-order valence-corrected chi connectivity index (χ0v) is 12.5. The van der Waals surface area contributed by atoms with Crippen LogP contribution in [0.1, 0.15) is 12.1 Å². The minimum absolute atomic E-state index is 0. The summed E-state index contributed by atoms with van der Waals surface area (Å²) in [6, 6.07) is 13.0. The Morgan fingerprint density at radius 1 is 1.30 bits per heavy atom. The number of para-hydroxylation sites is 1. The number of likely N-dealkylation sites (N-methyl/N-ethyl adjacent to an activating group) is 1. The molecule has 1 fully saturated rings. The van der Waals surface area contributed by atoms with Gasteiger partial charge in [-0.2, -0.15) is 5.10 Å². The number of hydrogen-bond acceptors (Lipinski definition) is 3. The van der Waals surface area contributed by atoms with Crippen molar-refractivity contribution in [1.82, 2.24) is 20.0 Å². The van der Waals surface area contributed by atoms with E-state index in [0.29, 0.717) is 6.04 Å². The largest absolute Gasteiger partial charge is 0.315 e. The molecule has 0 bridgehead atoms. The third-order valence-electron chi connectivity index (χ3n) is 3.73. The molecule has 2 aromatic rings. The van der Waals surface area contributed by atoms with Gasteiger partial charge in [-0.15, -0.1) is 12.4 Å². The SMILES string of the molecule is CN(Cc1ccn(-c2ccccc2)n1)C1CCNC1.Cl. The molecule has 1 saturated heterocycles. The third kappa shape index (κ3) is 3.39. The summed E-state index contributed by atoms with van der Waals surface area (Å²) in [5, 5.41) is 8.05. The lowest BCUT2D eigenvalue weighted by Gasteiger charge is -2.22. The molecule has 1 unspecified atom stereocenters. The molecule has 1 aromatic carbocycles. The van der Waals surface area contributed by atoms with Gasteiger partial charge in [0.15, 0.2) is 0 Å². The molecule has 1 aliphatic heterocycles. The Balaban J connectivity index is 0.00000147. The molecular formula is C15H21ClN4. The fraction of sp³-hybridized carbons (Fsp3) is 0.400. The molecule has 2 heterocycles. The van der Waals surface area contributed by atoms with E-state index in [1.54, 1.807) is 0 Å². The third-order valence-corrected chi connectivity index (χ3v) is 3.73. The lowest BCUT2D eigenvalue weighted by molar-refractivity contribution is 0.245. The van der Waals surface area contributed by atoms with Gasteiger partial charge in [-0.3, -0.25) is 4.90 Å². The molecule has 108 valence electrons. The van der Waals surface area contributed by atoms with Crippen LogP contribution in [-0.4, -0.2) is 40.9 Å². The second-order valence-corrected chi connectivity index (χ2v) is 5.15. The van der Waals surface area contributed by atoms with Crippen LogP contribution in [-0.2, 0) is 6.54 Å². The molecule has 0 saturated carbocycles. The van der Waals surface area contributed by atoms with Crippen molar-refractivity contribution >= 4 is 12.4 Å². The van der Waals surface area contributed by atoms with Crippen LogP contribution in [0, 0.1) is 0 Å². The molecule has 1 N–H and O–H groups in total. The summed E-state index contributed by atoms with van der Waals surface area (Å²) in [6.07, 6.45) is 3.27. The lowest BCUT2D eigenvalue weighted by Crippen LogP contribution is -2.33. The van der Waals surface area contributed by atoms with Crippen molar-refractivity contribution in [3.8, 4) is 5.69 Å². The van der Waals surface area contributed by atoms with E-state index < -0.39 is 0 Å².